The van der Waals surface area contributed by atoms with Gasteiger partial charge in [-0.25, -0.2) is 0 Å². The molecule has 3 heterocycles. The van der Waals surface area contributed by atoms with E-state index in [2.05, 4.69) is 36.0 Å². The van der Waals surface area contributed by atoms with E-state index in [0.717, 1.165) is 21.3 Å². The maximum atomic E-state index is 9.98. The topological polar surface area (TPSA) is 65.2 Å². The fourth-order valence-electron chi connectivity index (χ4n) is 4.06. The van der Waals surface area contributed by atoms with E-state index in [1.54, 1.807) is 59.1 Å². The number of aromatic hydroxyl groups is 2. The molecule has 0 amide bonds. The SMILES string of the molecule is Cc1sc(C=Nc2ccccc2O)cc1C1=C(c2cc(C=Nc3ccccc3O)sc2C)CSC1. The zero-order chi connectivity index (χ0) is 24.4. The first kappa shape index (κ1) is 23.6. The van der Waals surface area contributed by atoms with Crippen molar-refractivity contribution in [2.75, 3.05) is 11.5 Å². The molecule has 35 heavy (non-hydrogen) atoms. The summed E-state index contributed by atoms with van der Waals surface area (Å²) in [4.78, 5) is 13.7. The van der Waals surface area contributed by atoms with Gasteiger partial charge in [-0.15, -0.1) is 22.7 Å². The van der Waals surface area contributed by atoms with E-state index in [-0.39, 0.29) is 11.5 Å². The third kappa shape index (κ3) is 5.12. The summed E-state index contributed by atoms with van der Waals surface area (Å²) in [6, 6.07) is 18.7. The lowest BCUT2D eigenvalue weighted by Crippen LogP contribution is -1.90. The third-order valence-corrected chi connectivity index (χ3v) is 8.76. The van der Waals surface area contributed by atoms with Crippen molar-refractivity contribution < 1.29 is 10.2 Å². The molecule has 0 fully saturated rings. The lowest BCUT2D eigenvalue weighted by atomic mass is 9.97. The van der Waals surface area contributed by atoms with Gasteiger partial charge in [0.1, 0.15) is 22.9 Å². The van der Waals surface area contributed by atoms with Crippen LogP contribution >= 0.6 is 34.4 Å². The first-order valence-electron chi connectivity index (χ1n) is 11.1. The molecular formula is C28H24N2O2S3. The number of hydrogen-bond acceptors (Lipinski definition) is 7. The van der Waals surface area contributed by atoms with Crippen molar-refractivity contribution in [1.29, 1.82) is 0 Å². The number of hydrogen-bond donors (Lipinski definition) is 2. The van der Waals surface area contributed by atoms with Gasteiger partial charge in [0.15, 0.2) is 0 Å². The summed E-state index contributed by atoms with van der Waals surface area (Å²) in [6.45, 7) is 4.33. The van der Waals surface area contributed by atoms with Crippen LogP contribution in [-0.2, 0) is 0 Å². The van der Waals surface area contributed by atoms with Gasteiger partial charge in [0.2, 0.25) is 0 Å². The van der Waals surface area contributed by atoms with Gasteiger partial charge in [-0.1, -0.05) is 24.3 Å². The number of thiophene rings is 2. The Balaban J connectivity index is 1.44. The summed E-state index contributed by atoms with van der Waals surface area (Å²) in [7, 11) is 0. The van der Waals surface area contributed by atoms with E-state index in [1.165, 1.54) is 32.0 Å². The number of aliphatic imine (C=N–C) groups is 2. The molecule has 0 bridgehead atoms. The summed E-state index contributed by atoms with van der Waals surface area (Å²) in [5, 5.41) is 20.0. The van der Waals surface area contributed by atoms with Gasteiger partial charge >= 0.3 is 0 Å². The highest BCUT2D eigenvalue weighted by Crippen LogP contribution is 2.43. The molecule has 176 valence electrons. The number of para-hydroxylation sites is 4. The Morgan fingerprint density at radius 2 is 1.11 bits per heavy atom. The molecular weight excluding hydrogens is 493 g/mol. The van der Waals surface area contributed by atoms with E-state index >= 15 is 0 Å². The minimum absolute atomic E-state index is 0.184. The number of thioether (sulfide) groups is 1. The van der Waals surface area contributed by atoms with Crippen molar-refractivity contribution in [3.05, 3.63) is 91.3 Å². The van der Waals surface area contributed by atoms with Gasteiger partial charge in [-0.3, -0.25) is 9.98 Å². The van der Waals surface area contributed by atoms with Crippen molar-refractivity contribution >= 4 is 69.4 Å². The standard InChI is InChI=1S/C28H24N2O2S3/c1-17-21(11-19(34-17)13-29-25-7-3-5-9-27(25)31)23-15-33-16-24(23)22-12-20(35-18(22)2)14-30-26-8-4-6-10-28(26)32/h3-14,31-32H,15-16H2,1-2H3. The second-order valence-electron chi connectivity index (χ2n) is 8.18. The predicted octanol–water partition coefficient (Wildman–Crippen LogP) is 8.00. The van der Waals surface area contributed by atoms with Crippen LogP contribution < -0.4 is 0 Å². The highest BCUT2D eigenvalue weighted by Gasteiger charge is 2.23. The summed E-state index contributed by atoms with van der Waals surface area (Å²) >= 11 is 5.39. The largest absolute Gasteiger partial charge is 0.506 e. The summed E-state index contributed by atoms with van der Waals surface area (Å²) in [5.74, 6) is 2.34. The van der Waals surface area contributed by atoms with Gasteiger partial charge in [-0.2, -0.15) is 11.8 Å². The van der Waals surface area contributed by atoms with Crippen LogP contribution in [0.3, 0.4) is 0 Å². The van der Waals surface area contributed by atoms with Crippen molar-refractivity contribution in [3.63, 3.8) is 0 Å². The average Bonchev–Trinajstić information content (AvgIpc) is 3.56. The van der Waals surface area contributed by atoms with Crippen LogP contribution in [-0.4, -0.2) is 34.1 Å². The molecule has 0 saturated heterocycles. The summed E-state index contributed by atoms with van der Waals surface area (Å²) in [6.07, 6.45) is 3.67. The quantitative estimate of drug-likeness (QED) is 0.255. The Bertz CT molecular complexity index is 1370. The number of phenolic OH excluding ortho intramolecular Hbond substituents is 2. The van der Waals surface area contributed by atoms with Crippen LogP contribution in [0.5, 0.6) is 11.5 Å². The summed E-state index contributed by atoms with van der Waals surface area (Å²) in [5.41, 5.74) is 6.48. The number of aryl methyl sites for hydroxylation is 2. The van der Waals surface area contributed by atoms with Crippen LogP contribution in [0.4, 0.5) is 11.4 Å². The smallest absolute Gasteiger partial charge is 0.141 e. The fraction of sp³-hybridized carbons (Fsp3) is 0.143. The highest BCUT2D eigenvalue weighted by molar-refractivity contribution is 8.00. The highest BCUT2D eigenvalue weighted by atomic mass is 32.2. The van der Waals surface area contributed by atoms with Crippen molar-refractivity contribution in [3.8, 4) is 11.5 Å². The monoisotopic (exact) mass is 516 g/mol. The summed E-state index contributed by atoms with van der Waals surface area (Å²) < 4.78 is 0. The molecule has 0 atom stereocenters. The molecule has 0 spiro atoms. The molecule has 7 heteroatoms. The predicted molar refractivity (Wildman–Crippen MR) is 153 cm³/mol. The minimum Gasteiger partial charge on any atom is -0.506 e. The molecule has 2 aromatic carbocycles. The molecule has 0 radical (unpaired) electrons. The molecule has 0 aliphatic carbocycles. The molecule has 4 nitrogen and oxygen atoms in total. The molecule has 1 aliphatic heterocycles. The minimum atomic E-state index is 0.184. The fourth-order valence-corrected chi connectivity index (χ4v) is 7.09. The Kier molecular flexibility index (Phi) is 6.90. The molecule has 4 aromatic rings. The zero-order valence-electron chi connectivity index (χ0n) is 19.4. The van der Waals surface area contributed by atoms with Crippen molar-refractivity contribution in [2.24, 2.45) is 9.98 Å². The molecule has 5 rings (SSSR count). The first-order chi connectivity index (χ1) is 17.0. The van der Waals surface area contributed by atoms with Crippen molar-refractivity contribution in [2.45, 2.75) is 13.8 Å². The Hall–Kier alpha value is -3.13. The zero-order valence-corrected chi connectivity index (χ0v) is 21.8. The molecule has 2 N–H and O–H groups in total. The Labute approximate surface area is 217 Å². The van der Waals surface area contributed by atoms with Crippen LogP contribution in [0.25, 0.3) is 11.1 Å². The third-order valence-electron chi connectivity index (χ3n) is 5.81. The van der Waals surface area contributed by atoms with Crippen LogP contribution in [0.15, 0.2) is 70.6 Å². The van der Waals surface area contributed by atoms with Crippen LogP contribution in [0.1, 0.15) is 30.6 Å². The molecule has 0 saturated carbocycles. The van der Waals surface area contributed by atoms with Gasteiger partial charge in [0.25, 0.3) is 0 Å². The first-order valence-corrected chi connectivity index (χ1v) is 13.9. The lowest BCUT2D eigenvalue weighted by Gasteiger charge is -2.06. The van der Waals surface area contributed by atoms with E-state index in [0.29, 0.717) is 11.4 Å². The normalized spacial score (nSPS) is 14.1. The van der Waals surface area contributed by atoms with E-state index in [1.807, 2.05) is 36.3 Å². The van der Waals surface area contributed by atoms with E-state index < -0.39 is 0 Å². The van der Waals surface area contributed by atoms with Gasteiger partial charge in [0, 0.05) is 43.4 Å². The second kappa shape index (κ2) is 10.2. The van der Waals surface area contributed by atoms with Crippen molar-refractivity contribution in [1.82, 2.24) is 0 Å². The number of benzene rings is 2. The number of rotatable bonds is 6. The van der Waals surface area contributed by atoms with Crippen LogP contribution in [0, 0.1) is 13.8 Å². The van der Waals surface area contributed by atoms with Crippen LogP contribution in [0.2, 0.25) is 0 Å². The second-order valence-corrected chi connectivity index (χ2v) is 11.7. The molecule has 0 unspecified atom stereocenters. The van der Waals surface area contributed by atoms with E-state index in [9.17, 15) is 10.2 Å². The molecule has 2 aromatic heterocycles. The molecule has 1 aliphatic rings. The average molecular weight is 517 g/mol. The Morgan fingerprint density at radius 3 is 1.54 bits per heavy atom. The maximum Gasteiger partial charge on any atom is 0.141 e. The van der Waals surface area contributed by atoms with Gasteiger partial charge in [-0.05, 0) is 72.5 Å². The number of phenols is 2. The maximum absolute atomic E-state index is 9.98. The van der Waals surface area contributed by atoms with Gasteiger partial charge in [0.05, 0.1) is 0 Å². The lowest BCUT2D eigenvalue weighted by molar-refractivity contribution is 0.476. The Morgan fingerprint density at radius 1 is 0.686 bits per heavy atom. The number of nitrogens with zero attached hydrogens (tertiary/aromatic N) is 2. The van der Waals surface area contributed by atoms with E-state index in [4.69, 9.17) is 0 Å². The van der Waals surface area contributed by atoms with Gasteiger partial charge < -0.3 is 10.2 Å².